The molecule has 0 aromatic heterocycles. The molecule has 1 amide bonds. The van der Waals surface area contributed by atoms with Crippen LogP contribution in [-0.4, -0.2) is 31.8 Å². The Morgan fingerprint density at radius 3 is 2.43 bits per heavy atom. The van der Waals surface area contributed by atoms with Crippen molar-refractivity contribution in [3.63, 3.8) is 0 Å². The van der Waals surface area contributed by atoms with Crippen molar-refractivity contribution in [2.24, 2.45) is 0 Å². The Labute approximate surface area is 180 Å². The number of nitrogens with zero attached hydrogens (tertiary/aromatic N) is 2. The second kappa shape index (κ2) is 9.44. The van der Waals surface area contributed by atoms with Gasteiger partial charge in [-0.2, -0.15) is 0 Å². The topological polar surface area (TPSA) is 110 Å². The molecule has 2 aromatic carbocycles. The molecule has 1 saturated carbocycles. The third-order valence-corrected chi connectivity index (χ3v) is 7.09. The van der Waals surface area contributed by atoms with Crippen molar-refractivity contribution in [1.82, 2.24) is 5.32 Å². The minimum absolute atomic E-state index is 0.0307. The summed E-state index contributed by atoms with van der Waals surface area (Å²) in [5.41, 5.74) is -0.230. The van der Waals surface area contributed by atoms with Gasteiger partial charge >= 0.3 is 0 Å². The summed E-state index contributed by atoms with van der Waals surface area (Å²) >= 11 is 5.82. The SMILES string of the molecule is O=C(CN(c1ccccc1)S(=O)(=O)c1ccc(Cl)c([N+](=O)[O-])c1)NC1CCCCC1. The number of carbonyl (C=O) groups is 1. The number of hydrogen-bond donors (Lipinski definition) is 1. The van der Waals surface area contributed by atoms with Gasteiger partial charge in [-0.05, 0) is 37.1 Å². The number of carbonyl (C=O) groups excluding carboxylic acids is 1. The average Bonchev–Trinajstić information content (AvgIpc) is 2.73. The summed E-state index contributed by atoms with van der Waals surface area (Å²) in [6.45, 7) is -0.431. The van der Waals surface area contributed by atoms with Crippen molar-refractivity contribution in [3.05, 3.63) is 63.7 Å². The van der Waals surface area contributed by atoms with Crippen LogP contribution in [0.1, 0.15) is 32.1 Å². The molecule has 1 aliphatic carbocycles. The lowest BCUT2D eigenvalue weighted by Crippen LogP contribution is -2.44. The van der Waals surface area contributed by atoms with Gasteiger partial charge in [-0.3, -0.25) is 19.2 Å². The smallest absolute Gasteiger partial charge is 0.289 e. The van der Waals surface area contributed by atoms with Gasteiger partial charge in [0.05, 0.1) is 15.5 Å². The first-order valence-electron chi connectivity index (χ1n) is 9.60. The maximum Gasteiger partial charge on any atom is 0.289 e. The molecule has 10 heteroatoms. The largest absolute Gasteiger partial charge is 0.352 e. The van der Waals surface area contributed by atoms with Gasteiger partial charge in [-0.1, -0.05) is 49.1 Å². The van der Waals surface area contributed by atoms with E-state index in [0.29, 0.717) is 0 Å². The summed E-state index contributed by atoms with van der Waals surface area (Å²) in [6.07, 6.45) is 4.92. The number of nitro groups is 1. The highest BCUT2D eigenvalue weighted by atomic mass is 35.5. The molecule has 0 atom stereocenters. The third-order valence-electron chi connectivity index (χ3n) is 5.00. The lowest BCUT2D eigenvalue weighted by atomic mass is 9.95. The van der Waals surface area contributed by atoms with Crippen molar-refractivity contribution >= 4 is 38.9 Å². The summed E-state index contributed by atoms with van der Waals surface area (Å²) in [4.78, 5) is 22.8. The van der Waals surface area contributed by atoms with E-state index in [1.807, 2.05) is 0 Å². The molecule has 160 valence electrons. The van der Waals surface area contributed by atoms with E-state index in [1.165, 1.54) is 6.07 Å². The van der Waals surface area contributed by atoms with E-state index >= 15 is 0 Å². The predicted octanol–water partition coefficient (Wildman–Crippen LogP) is 3.89. The molecule has 1 N–H and O–H groups in total. The molecule has 0 unspecified atom stereocenters. The Morgan fingerprint density at radius 2 is 1.80 bits per heavy atom. The zero-order valence-corrected chi connectivity index (χ0v) is 17.7. The molecular weight excluding hydrogens is 430 g/mol. The first kappa shape index (κ1) is 22.0. The Kier molecular flexibility index (Phi) is 6.94. The van der Waals surface area contributed by atoms with E-state index < -0.39 is 33.1 Å². The van der Waals surface area contributed by atoms with Crippen molar-refractivity contribution in [2.45, 2.75) is 43.0 Å². The van der Waals surface area contributed by atoms with Crippen molar-refractivity contribution < 1.29 is 18.1 Å². The Balaban J connectivity index is 1.92. The van der Waals surface area contributed by atoms with E-state index in [0.717, 1.165) is 48.5 Å². The van der Waals surface area contributed by atoms with Crippen LogP contribution in [0.2, 0.25) is 5.02 Å². The van der Waals surface area contributed by atoms with Crippen LogP contribution in [0.15, 0.2) is 53.4 Å². The van der Waals surface area contributed by atoms with Gasteiger partial charge < -0.3 is 5.32 Å². The number of amides is 1. The average molecular weight is 452 g/mol. The fourth-order valence-electron chi connectivity index (χ4n) is 3.48. The van der Waals surface area contributed by atoms with E-state index in [-0.39, 0.29) is 21.6 Å². The fourth-order valence-corrected chi connectivity index (χ4v) is 5.11. The minimum Gasteiger partial charge on any atom is -0.352 e. The van der Waals surface area contributed by atoms with Crippen LogP contribution in [0.25, 0.3) is 0 Å². The maximum absolute atomic E-state index is 13.3. The highest BCUT2D eigenvalue weighted by molar-refractivity contribution is 7.92. The first-order valence-corrected chi connectivity index (χ1v) is 11.4. The standard InChI is InChI=1S/C20H22ClN3O5S/c21-18-12-11-17(13-19(18)24(26)27)30(28,29)23(16-9-5-2-6-10-16)14-20(25)22-15-7-3-1-4-8-15/h2,5-6,9-13,15H,1,3-4,7-8,14H2,(H,22,25). The number of rotatable bonds is 7. The quantitative estimate of drug-likeness (QED) is 0.507. The molecule has 0 heterocycles. The molecule has 0 bridgehead atoms. The lowest BCUT2D eigenvalue weighted by Gasteiger charge is -2.27. The minimum atomic E-state index is -4.25. The predicted molar refractivity (Wildman–Crippen MR) is 114 cm³/mol. The molecule has 1 aliphatic rings. The van der Waals surface area contributed by atoms with Gasteiger partial charge in [0.15, 0.2) is 0 Å². The molecular formula is C20H22ClN3O5S. The normalized spacial score (nSPS) is 14.8. The highest BCUT2D eigenvalue weighted by Gasteiger charge is 2.30. The van der Waals surface area contributed by atoms with Crippen LogP contribution in [0.3, 0.4) is 0 Å². The molecule has 0 saturated heterocycles. The van der Waals surface area contributed by atoms with Crippen LogP contribution >= 0.6 is 11.6 Å². The third kappa shape index (κ3) is 5.09. The van der Waals surface area contributed by atoms with Crippen LogP contribution in [-0.2, 0) is 14.8 Å². The summed E-state index contributed by atoms with van der Waals surface area (Å²) in [5.74, 6) is -0.419. The summed E-state index contributed by atoms with van der Waals surface area (Å²) in [7, 11) is -4.25. The van der Waals surface area contributed by atoms with Gasteiger partial charge in [-0.25, -0.2) is 8.42 Å². The maximum atomic E-state index is 13.3. The van der Waals surface area contributed by atoms with Crippen LogP contribution in [0.5, 0.6) is 0 Å². The number of anilines is 1. The van der Waals surface area contributed by atoms with Gasteiger partial charge in [0.2, 0.25) is 5.91 Å². The highest BCUT2D eigenvalue weighted by Crippen LogP contribution is 2.30. The zero-order valence-electron chi connectivity index (χ0n) is 16.2. The monoisotopic (exact) mass is 451 g/mol. The van der Waals surface area contributed by atoms with Gasteiger partial charge in [0, 0.05) is 12.1 Å². The number of nitro benzene ring substituents is 1. The number of hydrogen-bond acceptors (Lipinski definition) is 5. The summed E-state index contributed by atoms with van der Waals surface area (Å²) in [5, 5.41) is 13.9. The molecule has 0 spiro atoms. The summed E-state index contributed by atoms with van der Waals surface area (Å²) < 4.78 is 27.6. The van der Waals surface area contributed by atoms with Crippen LogP contribution in [0.4, 0.5) is 11.4 Å². The van der Waals surface area contributed by atoms with Crippen LogP contribution < -0.4 is 9.62 Å². The zero-order chi connectivity index (χ0) is 21.7. The number of sulfonamides is 1. The first-order chi connectivity index (χ1) is 14.3. The molecule has 0 radical (unpaired) electrons. The summed E-state index contributed by atoms with van der Waals surface area (Å²) in [6, 6.07) is 11.5. The van der Waals surface area contributed by atoms with Gasteiger partial charge in [0.1, 0.15) is 11.6 Å². The molecule has 30 heavy (non-hydrogen) atoms. The number of nitrogens with one attached hydrogen (secondary N) is 1. The lowest BCUT2D eigenvalue weighted by molar-refractivity contribution is -0.384. The molecule has 3 rings (SSSR count). The van der Waals surface area contributed by atoms with E-state index in [9.17, 15) is 23.3 Å². The van der Waals surface area contributed by atoms with E-state index in [4.69, 9.17) is 11.6 Å². The molecule has 2 aromatic rings. The van der Waals surface area contributed by atoms with Gasteiger partial charge in [0.25, 0.3) is 15.7 Å². The second-order valence-corrected chi connectivity index (χ2v) is 9.39. The number of halogens is 1. The van der Waals surface area contributed by atoms with Crippen molar-refractivity contribution in [2.75, 3.05) is 10.8 Å². The van der Waals surface area contributed by atoms with Crippen molar-refractivity contribution in [3.8, 4) is 0 Å². The second-order valence-electron chi connectivity index (χ2n) is 7.12. The fraction of sp³-hybridized carbons (Fsp3) is 0.350. The molecule has 8 nitrogen and oxygen atoms in total. The van der Waals surface area contributed by atoms with E-state index in [1.54, 1.807) is 30.3 Å². The van der Waals surface area contributed by atoms with Crippen LogP contribution in [0, 0.1) is 10.1 Å². The van der Waals surface area contributed by atoms with E-state index in [2.05, 4.69) is 5.32 Å². The number of benzene rings is 2. The van der Waals surface area contributed by atoms with Crippen molar-refractivity contribution in [1.29, 1.82) is 0 Å². The Hall–Kier alpha value is -2.65. The Bertz CT molecular complexity index is 1020. The van der Waals surface area contributed by atoms with Gasteiger partial charge in [-0.15, -0.1) is 0 Å². The molecule has 1 fully saturated rings. The number of para-hydroxylation sites is 1. The Morgan fingerprint density at radius 1 is 1.13 bits per heavy atom. The molecule has 0 aliphatic heterocycles.